The average Bonchev–Trinajstić information content (AvgIpc) is 2.20. The molecule has 20 heavy (non-hydrogen) atoms. The molecule has 0 saturated heterocycles. The number of hydrogen-bond acceptors (Lipinski definition) is 7. The van der Waals surface area contributed by atoms with Crippen molar-refractivity contribution >= 4 is 23.7 Å². The van der Waals surface area contributed by atoms with E-state index >= 15 is 0 Å². The Morgan fingerprint density at radius 3 is 2.25 bits per heavy atom. The van der Waals surface area contributed by atoms with Gasteiger partial charge in [-0.2, -0.15) is 21.6 Å². The van der Waals surface area contributed by atoms with Gasteiger partial charge in [-0.1, -0.05) is 0 Å². The number of halogens is 3. The van der Waals surface area contributed by atoms with Crippen molar-refractivity contribution in [1.82, 2.24) is 0 Å². The van der Waals surface area contributed by atoms with Gasteiger partial charge in [0.2, 0.25) is 0 Å². The average molecular weight is 344 g/mol. The van der Waals surface area contributed by atoms with Crippen LogP contribution < -0.4 is 0 Å². The van der Waals surface area contributed by atoms with Crippen LogP contribution in [0.3, 0.4) is 0 Å². The summed E-state index contributed by atoms with van der Waals surface area (Å²) < 4.78 is 80.7. The van der Waals surface area contributed by atoms with Gasteiger partial charge < -0.3 is 14.2 Å². The topological polar surface area (TPSA) is 116 Å². The molecule has 0 aliphatic heterocycles. The van der Waals surface area contributed by atoms with E-state index in [1.807, 2.05) is 0 Å². The van der Waals surface area contributed by atoms with Crippen LogP contribution in [0.2, 0.25) is 0 Å². The molecule has 0 aromatic carbocycles. The van der Waals surface area contributed by atoms with Gasteiger partial charge in [0, 0.05) is 0 Å². The molecule has 0 amide bonds. The molecule has 2 unspecified atom stereocenters. The summed E-state index contributed by atoms with van der Waals surface area (Å²) in [6, 6.07) is 0. The fraction of sp³-hybridized carbons (Fsp3) is 0.857. The SMILES string of the molecule is CCOP(=O)(O)C(OS(C)(=O)=O)C(=O)OCC(F)(F)F. The van der Waals surface area contributed by atoms with Crippen LogP contribution in [0.5, 0.6) is 0 Å². The monoisotopic (exact) mass is 344 g/mol. The van der Waals surface area contributed by atoms with Crippen molar-refractivity contribution in [2.75, 3.05) is 19.5 Å². The summed E-state index contributed by atoms with van der Waals surface area (Å²) in [6.07, 6.45) is -4.46. The summed E-state index contributed by atoms with van der Waals surface area (Å²) in [5, 5.41) is 0. The molecule has 0 fully saturated rings. The second-order valence-corrected chi connectivity index (χ2v) is 6.81. The lowest BCUT2D eigenvalue weighted by Crippen LogP contribution is -2.32. The minimum Gasteiger partial charge on any atom is -0.454 e. The fourth-order valence-electron chi connectivity index (χ4n) is 0.869. The number of carbonyl (C=O) groups excluding carboxylic acids is 1. The van der Waals surface area contributed by atoms with Crippen LogP contribution in [0.4, 0.5) is 13.2 Å². The molecular weight excluding hydrogens is 332 g/mol. The molecular formula is C7H12F3O8PS. The molecule has 0 rings (SSSR count). The molecule has 1 N–H and O–H groups in total. The third-order valence-corrected chi connectivity index (χ3v) is 3.68. The van der Waals surface area contributed by atoms with E-state index in [-0.39, 0.29) is 0 Å². The molecule has 120 valence electrons. The summed E-state index contributed by atoms with van der Waals surface area (Å²) in [7, 11) is -9.40. The van der Waals surface area contributed by atoms with Gasteiger partial charge >= 0.3 is 19.7 Å². The van der Waals surface area contributed by atoms with E-state index in [0.29, 0.717) is 6.26 Å². The van der Waals surface area contributed by atoms with E-state index in [9.17, 15) is 35.8 Å². The zero-order valence-electron chi connectivity index (χ0n) is 10.3. The molecule has 0 spiro atoms. The number of esters is 1. The highest BCUT2D eigenvalue weighted by atomic mass is 32.2. The van der Waals surface area contributed by atoms with Crippen LogP contribution in [-0.2, 0) is 32.9 Å². The largest absolute Gasteiger partial charge is 0.454 e. The maximum atomic E-state index is 11.9. The maximum absolute atomic E-state index is 11.9. The molecule has 0 aliphatic rings. The first-order chi connectivity index (χ1) is 8.78. The standard InChI is InChI=1S/C7H12F3O8PS/c1-3-17-19(12,13)6(18-20(2,14)15)5(11)16-4-7(8,9)10/h6H,3-4H2,1-2H3,(H,12,13). The van der Waals surface area contributed by atoms with E-state index < -0.39 is 48.9 Å². The van der Waals surface area contributed by atoms with Gasteiger partial charge in [0.15, 0.2) is 6.61 Å². The minimum absolute atomic E-state index is 0.413. The van der Waals surface area contributed by atoms with Crippen LogP contribution in [0.1, 0.15) is 6.92 Å². The van der Waals surface area contributed by atoms with Crippen LogP contribution in [0.15, 0.2) is 0 Å². The molecule has 0 aromatic rings. The Bertz CT molecular complexity index is 487. The van der Waals surface area contributed by atoms with E-state index in [1.54, 1.807) is 0 Å². The maximum Gasteiger partial charge on any atom is 0.422 e. The fourth-order valence-corrected chi connectivity index (χ4v) is 3.03. The van der Waals surface area contributed by atoms with Crippen molar-refractivity contribution in [3.63, 3.8) is 0 Å². The van der Waals surface area contributed by atoms with E-state index in [2.05, 4.69) is 13.4 Å². The lowest BCUT2D eigenvalue weighted by molar-refractivity contribution is -0.189. The second-order valence-electron chi connectivity index (χ2n) is 3.36. The molecule has 13 heteroatoms. The Balaban J connectivity index is 5.13. The second kappa shape index (κ2) is 6.85. The van der Waals surface area contributed by atoms with E-state index in [1.165, 1.54) is 6.92 Å². The molecule has 0 radical (unpaired) electrons. The number of hydrogen-bond donors (Lipinski definition) is 1. The van der Waals surface area contributed by atoms with Crippen LogP contribution in [-0.4, -0.2) is 50.8 Å². The van der Waals surface area contributed by atoms with Gasteiger partial charge in [0.1, 0.15) is 0 Å². The van der Waals surface area contributed by atoms with Crippen molar-refractivity contribution in [1.29, 1.82) is 0 Å². The van der Waals surface area contributed by atoms with Crippen molar-refractivity contribution in [2.45, 2.75) is 18.9 Å². The first-order valence-corrected chi connectivity index (χ1v) is 8.33. The Kier molecular flexibility index (Phi) is 6.62. The van der Waals surface area contributed by atoms with Gasteiger partial charge in [0.05, 0.1) is 12.9 Å². The zero-order chi connectivity index (χ0) is 16.2. The lowest BCUT2D eigenvalue weighted by atomic mass is 10.6. The zero-order valence-corrected chi connectivity index (χ0v) is 12.0. The summed E-state index contributed by atoms with van der Waals surface area (Å²) >= 11 is 0. The highest BCUT2D eigenvalue weighted by molar-refractivity contribution is 7.86. The number of ether oxygens (including phenoxy) is 1. The Labute approximate surface area is 112 Å². The predicted octanol–water partition coefficient (Wildman–Crippen LogP) is 0.616. The number of carbonyl (C=O) groups is 1. The molecule has 0 bridgehead atoms. The van der Waals surface area contributed by atoms with Crippen LogP contribution in [0, 0.1) is 0 Å². The Morgan fingerprint density at radius 1 is 1.40 bits per heavy atom. The van der Waals surface area contributed by atoms with E-state index in [0.717, 1.165) is 0 Å². The highest BCUT2D eigenvalue weighted by Crippen LogP contribution is 2.49. The molecule has 2 atom stereocenters. The van der Waals surface area contributed by atoms with Crippen LogP contribution >= 0.6 is 7.60 Å². The number of alkyl halides is 3. The lowest BCUT2D eigenvalue weighted by Gasteiger charge is -2.20. The summed E-state index contributed by atoms with van der Waals surface area (Å²) in [4.78, 5) is 20.6. The van der Waals surface area contributed by atoms with Gasteiger partial charge in [0.25, 0.3) is 16.0 Å². The Hall–Kier alpha value is -0.680. The van der Waals surface area contributed by atoms with Crippen LogP contribution in [0.25, 0.3) is 0 Å². The first-order valence-electron chi connectivity index (χ1n) is 4.87. The quantitative estimate of drug-likeness (QED) is 0.406. The molecule has 0 saturated carbocycles. The Morgan fingerprint density at radius 2 is 1.90 bits per heavy atom. The molecule has 0 aliphatic carbocycles. The molecule has 8 nitrogen and oxygen atoms in total. The van der Waals surface area contributed by atoms with Crippen molar-refractivity contribution < 1.29 is 49.3 Å². The highest BCUT2D eigenvalue weighted by Gasteiger charge is 2.45. The van der Waals surface area contributed by atoms with Crippen molar-refractivity contribution in [3.8, 4) is 0 Å². The number of rotatable bonds is 7. The van der Waals surface area contributed by atoms with Gasteiger partial charge in [-0.3, -0.25) is 4.57 Å². The first kappa shape index (κ1) is 19.3. The minimum atomic E-state index is -4.98. The van der Waals surface area contributed by atoms with Crippen molar-refractivity contribution in [3.05, 3.63) is 0 Å². The molecule has 0 aromatic heterocycles. The summed E-state index contributed by atoms with van der Waals surface area (Å²) in [5.74, 6) is -4.70. The predicted molar refractivity (Wildman–Crippen MR) is 58.2 cm³/mol. The van der Waals surface area contributed by atoms with E-state index in [4.69, 9.17) is 0 Å². The summed E-state index contributed by atoms with van der Waals surface area (Å²) in [6.45, 7) is -1.24. The third-order valence-electron chi connectivity index (χ3n) is 1.46. The van der Waals surface area contributed by atoms with Gasteiger partial charge in [-0.25, -0.2) is 8.98 Å². The normalized spacial score (nSPS) is 17.3. The summed E-state index contributed by atoms with van der Waals surface area (Å²) in [5.41, 5.74) is 0. The molecule has 0 heterocycles. The van der Waals surface area contributed by atoms with Gasteiger partial charge in [-0.05, 0) is 6.92 Å². The van der Waals surface area contributed by atoms with Crippen molar-refractivity contribution in [2.24, 2.45) is 0 Å². The third kappa shape index (κ3) is 7.80. The van der Waals surface area contributed by atoms with Gasteiger partial charge in [-0.15, -0.1) is 0 Å². The smallest absolute Gasteiger partial charge is 0.422 e.